The number of hydrogen-bond donors (Lipinski definition) is 0. The zero-order valence-corrected chi connectivity index (χ0v) is 16.5. The molecule has 0 atom stereocenters. The Labute approximate surface area is 168 Å². The average Bonchev–Trinajstić information content (AvgIpc) is 3.20. The van der Waals surface area contributed by atoms with Crippen molar-refractivity contribution in [3.8, 4) is 11.1 Å². The second kappa shape index (κ2) is 7.94. The lowest BCUT2D eigenvalue weighted by atomic mass is 10.0. The monoisotopic (exact) mass is 391 g/mol. The lowest BCUT2D eigenvalue weighted by Gasteiger charge is -2.34. The van der Waals surface area contributed by atoms with E-state index in [2.05, 4.69) is 4.98 Å². The van der Waals surface area contributed by atoms with Crippen LogP contribution in [0.5, 0.6) is 0 Å². The standard InChI is InChI=1S/C22H21N3O2S/c1-16-23-20(15-28-16)22(27)25-12-10-24(11-13-25)21(26)19-9-5-8-18(14-19)17-6-3-2-4-7-17/h2-9,14-15H,10-13H2,1H3. The van der Waals surface area contributed by atoms with Gasteiger partial charge in [-0.3, -0.25) is 9.59 Å². The largest absolute Gasteiger partial charge is 0.335 e. The molecule has 1 saturated heterocycles. The van der Waals surface area contributed by atoms with Gasteiger partial charge in [0.1, 0.15) is 5.69 Å². The zero-order chi connectivity index (χ0) is 19.5. The number of hydrogen-bond acceptors (Lipinski definition) is 4. The van der Waals surface area contributed by atoms with E-state index in [-0.39, 0.29) is 11.8 Å². The molecule has 1 fully saturated rings. The second-order valence-electron chi connectivity index (χ2n) is 6.78. The maximum absolute atomic E-state index is 12.9. The summed E-state index contributed by atoms with van der Waals surface area (Å²) < 4.78 is 0. The number of thiazole rings is 1. The summed E-state index contributed by atoms with van der Waals surface area (Å²) in [6.07, 6.45) is 0. The predicted octanol–water partition coefficient (Wildman–Crippen LogP) is 3.72. The SMILES string of the molecule is Cc1nc(C(=O)N2CCN(C(=O)c3cccc(-c4ccccc4)c3)CC2)cs1. The van der Waals surface area contributed by atoms with Crippen LogP contribution in [-0.4, -0.2) is 52.8 Å². The van der Waals surface area contributed by atoms with Crippen LogP contribution in [0.2, 0.25) is 0 Å². The summed E-state index contributed by atoms with van der Waals surface area (Å²) in [7, 11) is 0. The van der Waals surface area contributed by atoms with Gasteiger partial charge in [0.25, 0.3) is 11.8 Å². The number of aryl methyl sites for hydroxylation is 1. The highest BCUT2D eigenvalue weighted by Crippen LogP contribution is 2.21. The quantitative estimate of drug-likeness (QED) is 0.684. The van der Waals surface area contributed by atoms with Gasteiger partial charge in [0, 0.05) is 37.1 Å². The van der Waals surface area contributed by atoms with E-state index in [9.17, 15) is 9.59 Å². The number of carbonyl (C=O) groups excluding carboxylic acids is 2. The first kappa shape index (κ1) is 18.4. The molecule has 142 valence electrons. The van der Waals surface area contributed by atoms with E-state index in [1.165, 1.54) is 11.3 Å². The topological polar surface area (TPSA) is 53.5 Å². The third kappa shape index (κ3) is 3.82. The number of amides is 2. The van der Waals surface area contributed by atoms with E-state index < -0.39 is 0 Å². The molecule has 1 aliphatic heterocycles. The molecular weight excluding hydrogens is 370 g/mol. The van der Waals surface area contributed by atoms with Crippen molar-refractivity contribution in [3.63, 3.8) is 0 Å². The summed E-state index contributed by atoms with van der Waals surface area (Å²) in [5.41, 5.74) is 3.29. The van der Waals surface area contributed by atoms with E-state index in [1.807, 2.05) is 66.4 Å². The Bertz CT molecular complexity index is 992. The fourth-order valence-electron chi connectivity index (χ4n) is 3.38. The molecule has 3 aromatic rings. The minimum atomic E-state index is -0.0532. The van der Waals surface area contributed by atoms with Gasteiger partial charge >= 0.3 is 0 Å². The smallest absolute Gasteiger partial charge is 0.273 e. The maximum Gasteiger partial charge on any atom is 0.273 e. The van der Waals surface area contributed by atoms with E-state index in [4.69, 9.17) is 0 Å². The van der Waals surface area contributed by atoms with Gasteiger partial charge in [-0.2, -0.15) is 0 Å². The fraction of sp³-hybridized carbons (Fsp3) is 0.227. The highest BCUT2D eigenvalue weighted by atomic mass is 32.1. The first-order valence-corrected chi connectivity index (χ1v) is 10.2. The summed E-state index contributed by atoms with van der Waals surface area (Å²) >= 11 is 1.48. The Hall–Kier alpha value is -2.99. The number of benzene rings is 2. The molecule has 4 rings (SSSR count). The van der Waals surface area contributed by atoms with Crippen molar-refractivity contribution in [3.05, 3.63) is 76.2 Å². The summed E-state index contributed by atoms with van der Waals surface area (Å²) in [5, 5.41) is 2.68. The van der Waals surface area contributed by atoms with Crippen LogP contribution in [-0.2, 0) is 0 Å². The molecule has 1 aliphatic rings. The van der Waals surface area contributed by atoms with Gasteiger partial charge in [0.2, 0.25) is 0 Å². The first-order chi connectivity index (χ1) is 13.6. The Morgan fingerprint density at radius 3 is 2.14 bits per heavy atom. The van der Waals surface area contributed by atoms with Crippen molar-refractivity contribution in [1.82, 2.24) is 14.8 Å². The van der Waals surface area contributed by atoms with E-state index in [1.54, 1.807) is 10.3 Å². The molecule has 0 bridgehead atoms. The normalized spacial score (nSPS) is 14.2. The van der Waals surface area contributed by atoms with Crippen LogP contribution in [0.15, 0.2) is 60.0 Å². The van der Waals surface area contributed by atoms with Gasteiger partial charge in [-0.15, -0.1) is 11.3 Å². The van der Waals surface area contributed by atoms with Crippen molar-refractivity contribution in [2.45, 2.75) is 6.92 Å². The van der Waals surface area contributed by atoms with Crippen LogP contribution in [0.1, 0.15) is 25.9 Å². The maximum atomic E-state index is 12.9. The zero-order valence-electron chi connectivity index (χ0n) is 15.7. The molecule has 2 heterocycles. The molecule has 6 heteroatoms. The number of nitrogens with zero attached hydrogens (tertiary/aromatic N) is 3. The molecule has 2 aromatic carbocycles. The lowest BCUT2D eigenvalue weighted by molar-refractivity contribution is 0.0532. The van der Waals surface area contributed by atoms with Gasteiger partial charge < -0.3 is 9.80 Å². The number of piperazine rings is 1. The van der Waals surface area contributed by atoms with Crippen LogP contribution in [0.4, 0.5) is 0 Å². The highest BCUT2D eigenvalue weighted by molar-refractivity contribution is 7.09. The Morgan fingerprint density at radius 1 is 0.857 bits per heavy atom. The van der Waals surface area contributed by atoms with Crippen molar-refractivity contribution in [1.29, 1.82) is 0 Å². The number of aromatic nitrogens is 1. The molecule has 0 radical (unpaired) electrons. The predicted molar refractivity (Wildman–Crippen MR) is 111 cm³/mol. The third-order valence-corrected chi connectivity index (χ3v) is 5.68. The lowest BCUT2D eigenvalue weighted by Crippen LogP contribution is -2.50. The molecule has 2 amide bonds. The molecule has 5 nitrogen and oxygen atoms in total. The minimum Gasteiger partial charge on any atom is -0.335 e. The molecule has 0 aliphatic carbocycles. The van der Waals surface area contributed by atoms with E-state index >= 15 is 0 Å². The summed E-state index contributed by atoms with van der Waals surface area (Å²) in [6.45, 7) is 4.01. The Morgan fingerprint density at radius 2 is 1.50 bits per heavy atom. The molecule has 1 aromatic heterocycles. The number of carbonyl (C=O) groups is 2. The van der Waals surface area contributed by atoms with E-state index in [0.717, 1.165) is 16.1 Å². The van der Waals surface area contributed by atoms with Crippen molar-refractivity contribution >= 4 is 23.2 Å². The molecule has 0 spiro atoms. The Kier molecular flexibility index (Phi) is 5.21. The minimum absolute atomic E-state index is 0.00869. The van der Waals surface area contributed by atoms with Crippen LogP contribution < -0.4 is 0 Å². The van der Waals surface area contributed by atoms with Crippen molar-refractivity contribution < 1.29 is 9.59 Å². The summed E-state index contributed by atoms with van der Waals surface area (Å²) in [6, 6.07) is 17.7. The average molecular weight is 391 g/mol. The van der Waals surface area contributed by atoms with Gasteiger partial charge in [-0.05, 0) is 30.2 Å². The van der Waals surface area contributed by atoms with Gasteiger partial charge in [-0.1, -0.05) is 42.5 Å². The van der Waals surface area contributed by atoms with Crippen molar-refractivity contribution in [2.75, 3.05) is 26.2 Å². The van der Waals surface area contributed by atoms with E-state index in [0.29, 0.717) is 37.4 Å². The molecule has 28 heavy (non-hydrogen) atoms. The molecule has 0 N–H and O–H groups in total. The third-order valence-electron chi connectivity index (χ3n) is 4.91. The van der Waals surface area contributed by atoms with Gasteiger partial charge in [-0.25, -0.2) is 4.98 Å². The summed E-state index contributed by atoms with van der Waals surface area (Å²) in [4.78, 5) is 33.3. The molecular formula is C22H21N3O2S. The van der Waals surface area contributed by atoms with Crippen LogP contribution in [0.25, 0.3) is 11.1 Å². The van der Waals surface area contributed by atoms with Gasteiger partial charge in [0.15, 0.2) is 0 Å². The van der Waals surface area contributed by atoms with Crippen molar-refractivity contribution in [2.24, 2.45) is 0 Å². The van der Waals surface area contributed by atoms with Crippen LogP contribution in [0, 0.1) is 6.92 Å². The van der Waals surface area contributed by atoms with Crippen LogP contribution >= 0.6 is 11.3 Å². The fourth-order valence-corrected chi connectivity index (χ4v) is 3.97. The highest BCUT2D eigenvalue weighted by Gasteiger charge is 2.26. The second-order valence-corrected chi connectivity index (χ2v) is 7.85. The Balaban J connectivity index is 1.42. The molecule has 0 unspecified atom stereocenters. The van der Waals surface area contributed by atoms with Crippen LogP contribution in [0.3, 0.4) is 0 Å². The molecule has 0 saturated carbocycles. The summed E-state index contributed by atoms with van der Waals surface area (Å²) in [5.74, 6) is -0.0445. The first-order valence-electron chi connectivity index (χ1n) is 9.28. The number of rotatable bonds is 3. The van der Waals surface area contributed by atoms with Gasteiger partial charge in [0.05, 0.1) is 5.01 Å².